The first-order valence-electron chi connectivity index (χ1n) is 9.15. The summed E-state index contributed by atoms with van der Waals surface area (Å²) in [6, 6.07) is 12.1. The number of hydrogen-bond acceptors (Lipinski definition) is 6. The fourth-order valence-corrected chi connectivity index (χ4v) is 4.55. The Bertz CT molecular complexity index is 982. The summed E-state index contributed by atoms with van der Waals surface area (Å²) < 4.78 is 56.8. The lowest BCUT2D eigenvalue weighted by Crippen LogP contribution is -2.10. The Labute approximate surface area is 166 Å². The van der Waals surface area contributed by atoms with Gasteiger partial charge < -0.3 is 8.37 Å². The van der Waals surface area contributed by atoms with E-state index in [0.717, 1.165) is 25.4 Å². The molecule has 1 fully saturated rings. The van der Waals surface area contributed by atoms with E-state index in [1.165, 1.54) is 43.0 Å². The average Bonchev–Trinajstić information content (AvgIpc) is 2.60. The molecule has 0 unspecified atom stereocenters. The van der Waals surface area contributed by atoms with E-state index in [4.69, 9.17) is 8.37 Å². The van der Waals surface area contributed by atoms with E-state index >= 15 is 0 Å². The van der Waals surface area contributed by atoms with Crippen LogP contribution in [0.15, 0.2) is 42.5 Å². The van der Waals surface area contributed by atoms with Crippen molar-refractivity contribution in [2.24, 2.45) is 0 Å². The van der Waals surface area contributed by atoms with Crippen molar-refractivity contribution in [1.29, 1.82) is 0 Å². The Morgan fingerprint density at radius 1 is 0.750 bits per heavy atom. The monoisotopic (exact) mass is 424 g/mol. The molecular formula is C20H24O6S2. The average molecular weight is 425 g/mol. The zero-order valence-corrected chi connectivity index (χ0v) is 17.6. The van der Waals surface area contributed by atoms with Gasteiger partial charge in [0, 0.05) is 0 Å². The van der Waals surface area contributed by atoms with Gasteiger partial charge in [-0.3, -0.25) is 0 Å². The molecule has 28 heavy (non-hydrogen) atoms. The third-order valence-corrected chi connectivity index (χ3v) is 5.71. The number of benzene rings is 2. The molecular weight excluding hydrogens is 400 g/mol. The molecule has 2 aromatic carbocycles. The molecule has 0 spiro atoms. The van der Waals surface area contributed by atoms with Crippen LogP contribution >= 0.6 is 0 Å². The summed E-state index contributed by atoms with van der Waals surface area (Å²) in [7, 11) is -7.60. The van der Waals surface area contributed by atoms with Gasteiger partial charge in [0.05, 0.1) is 18.1 Å². The van der Waals surface area contributed by atoms with E-state index < -0.39 is 20.2 Å². The molecule has 1 aliphatic rings. The van der Waals surface area contributed by atoms with Crippen molar-refractivity contribution in [2.75, 3.05) is 12.5 Å². The highest BCUT2D eigenvalue weighted by Crippen LogP contribution is 2.41. The van der Waals surface area contributed by atoms with Crippen LogP contribution in [0.2, 0.25) is 0 Å². The summed E-state index contributed by atoms with van der Waals surface area (Å²) >= 11 is 0. The number of rotatable bonds is 6. The lowest BCUT2D eigenvalue weighted by molar-refractivity contribution is 0.443. The van der Waals surface area contributed by atoms with Crippen molar-refractivity contribution < 1.29 is 25.2 Å². The molecule has 152 valence electrons. The van der Waals surface area contributed by atoms with E-state index in [-0.39, 0.29) is 17.1 Å². The predicted molar refractivity (Wildman–Crippen MR) is 109 cm³/mol. The summed E-state index contributed by atoms with van der Waals surface area (Å²) in [5.74, 6) is 0.570. The molecule has 8 heteroatoms. The smallest absolute Gasteiger partial charge is 0.306 e. The van der Waals surface area contributed by atoms with E-state index in [9.17, 15) is 16.8 Å². The topological polar surface area (TPSA) is 86.7 Å². The minimum absolute atomic E-state index is 0.0223. The summed E-state index contributed by atoms with van der Waals surface area (Å²) in [4.78, 5) is 0. The first-order valence-corrected chi connectivity index (χ1v) is 12.8. The molecule has 1 saturated carbocycles. The summed E-state index contributed by atoms with van der Waals surface area (Å²) in [5.41, 5.74) is 2.14. The first-order chi connectivity index (χ1) is 13.1. The molecule has 3 rings (SSSR count). The molecule has 0 bridgehead atoms. The summed E-state index contributed by atoms with van der Waals surface area (Å²) in [6.45, 7) is 0. The standard InChI is InChI=1S/C20H24O6S2/c1-27(21,22)25-18-9-6-10-19(26-28(2,23)24)20(18)17-13-11-16(12-14-17)15-7-4-3-5-8-15/h6,9-15H,3-5,7-8H2,1-2H3. The van der Waals surface area contributed by atoms with Crippen molar-refractivity contribution in [1.82, 2.24) is 0 Å². The second-order valence-electron chi connectivity index (χ2n) is 7.16. The Morgan fingerprint density at radius 2 is 1.25 bits per heavy atom. The van der Waals surface area contributed by atoms with Crippen LogP contribution in [0.5, 0.6) is 11.5 Å². The maximum absolute atomic E-state index is 11.7. The van der Waals surface area contributed by atoms with Crippen molar-refractivity contribution in [2.45, 2.75) is 38.0 Å². The largest absolute Gasteiger partial charge is 0.382 e. The van der Waals surface area contributed by atoms with Gasteiger partial charge in [-0.25, -0.2) is 0 Å². The fraction of sp³-hybridized carbons (Fsp3) is 0.400. The third-order valence-electron chi connectivity index (χ3n) is 4.75. The van der Waals surface area contributed by atoms with Gasteiger partial charge in [-0.15, -0.1) is 0 Å². The number of hydrogen-bond donors (Lipinski definition) is 0. The van der Waals surface area contributed by atoms with Gasteiger partial charge in [0.1, 0.15) is 0 Å². The van der Waals surface area contributed by atoms with Crippen molar-refractivity contribution >= 4 is 20.2 Å². The van der Waals surface area contributed by atoms with Crippen LogP contribution < -0.4 is 8.37 Å². The molecule has 6 nitrogen and oxygen atoms in total. The van der Waals surface area contributed by atoms with Gasteiger partial charge in [-0.1, -0.05) is 49.6 Å². The molecule has 2 aromatic rings. The van der Waals surface area contributed by atoms with Crippen LogP contribution in [0, 0.1) is 0 Å². The highest BCUT2D eigenvalue weighted by Gasteiger charge is 2.20. The van der Waals surface area contributed by atoms with E-state index in [0.29, 0.717) is 11.5 Å². The van der Waals surface area contributed by atoms with Crippen molar-refractivity contribution in [3.63, 3.8) is 0 Å². The zero-order chi connectivity index (χ0) is 20.4. The molecule has 0 heterocycles. The predicted octanol–water partition coefficient (Wildman–Crippen LogP) is 4.08. The van der Waals surface area contributed by atoms with Gasteiger partial charge >= 0.3 is 20.2 Å². The van der Waals surface area contributed by atoms with Crippen molar-refractivity contribution in [3.8, 4) is 22.6 Å². The minimum atomic E-state index is -3.80. The maximum atomic E-state index is 11.7. The first kappa shape index (κ1) is 20.7. The SMILES string of the molecule is CS(=O)(=O)Oc1cccc(OS(C)(=O)=O)c1-c1ccc(C2CCCCC2)cc1. The molecule has 0 aromatic heterocycles. The fourth-order valence-electron chi connectivity index (χ4n) is 3.62. The van der Waals surface area contributed by atoms with Gasteiger partial charge in [0.15, 0.2) is 11.5 Å². The molecule has 1 aliphatic carbocycles. The van der Waals surface area contributed by atoms with E-state index in [1.54, 1.807) is 0 Å². The lowest BCUT2D eigenvalue weighted by Gasteiger charge is -2.22. The van der Waals surface area contributed by atoms with Gasteiger partial charge in [-0.05, 0) is 42.0 Å². The van der Waals surface area contributed by atoms with E-state index in [2.05, 4.69) is 0 Å². The third kappa shape index (κ3) is 5.48. The zero-order valence-electron chi connectivity index (χ0n) is 15.9. The maximum Gasteiger partial charge on any atom is 0.306 e. The molecule has 0 radical (unpaired) electrons. The van der Waals surface area contributed by atoms with Gasteiger partial charge in [0.2, 0.25) is 0 Å². The molecule has 0 amide bonds. The Morgan fingerprint density at radius 3 is 1.71 bits per heavy atom. The second-order valence-corrected chi connectivity index (χ2v) is 10.3. The Kier molecular flexibility index (Phi) is 6.00. The highest BCUT2D eigenvalue weighted by molar-refractivity contribution is 7.86. The Balaban J connectivity index is 2.04. The van der Waals surface area contributed by atoms with Crippen LogP contribution in [-0.2, 0) is 20.2 Å². The molecule has 0 aliphatic heterocycles. The quantitative estimate of drug-likeness (QED) is 0.650. The van der Waals surface area contributed by atoms with Gasteiger partial charge in [0.25, 0.3) is 0 Å². The van der Waals surface area contributed by atoms with E-state index in [1.807, 2.05) is 24.3 Å². The lowest BCUT2D eigenvalue weighted by atomic mass is 9.83. The Hall–Kier alpha value is -2.06. The summed E-state index contributed by atoms with van der Waals surface area (Å²) in [5, 5.41) is 0. The minimum Gasteiger partial charge on any atom is -0.382 e. The van der Waals surface area contributed by atoms with Crippen LogP contribution in [0.25, 0.3) is 11.1 Å². The molecule has 0 saturated heterocycles. The molecule has 0 atom stereocenters. The van der Waals surface area contributed by atoms with Crippen LogP contribution in [0.3, 0.4) is 0 Å². The molecule has 0 N–H and O–H groups in total. The summed E-state index contributed by atoms with van der Waals surface area (Å²) in [6.07, 6.45) is 7.93. The van der Waals surface area contributed by atoms with Crippen LogP contribution in [-0.4, -0.2) is 29.3 Å². The van der Waals surface area contributed by atoms with Crippen molar-refractivity contribution in [3.05, 3.63) is 48.0 Å². The van der Waals surface area contributed by atoms with Crippen LogP contribution in [0.4, 0.5) is 0 Å². The van der Waals surface area contributed by atoms with Crippen LogP contribution in [0.1, 0.15) is 43.6 Å². The normalized spacial score (nSPS) is 15.9. The second kappa shape index (κ2) is 8.13. The van der Waals surface area contributed by atoms with Gasteiger partial charge in [-0.2, -0.15) is 16.8 Å². The highest BCUT2D eigenvalue weighted by atomic mass is 32.2.